The van der Waals surface area contributed by atoms with Crippen LogP contribution in [0.5, 0.6) is 0 Å². The number of hydrogen-bond acceptors (Lipinski definition) is 4. The number of esters is 1. The first kappa shape index (κ1) is 16.8. The highest BCUT2D eigenvalue weighted by Gasteiger charge is 2.40. The maximum Gasteiger partial charge on any atom is 0.329 e. The molecule has 2 aromatic rings. The van der Waals surface area contributed by atoms with Gasteiger partial charge in [-0.1, -0.05) is 48.5 Å². The molecule has 0 aromatic heterocycles. The maximum absolute atomic E-state index is 12.7. The number of hydrogen-bond donors (Lipinski definition) is 1. The van der Waals surface area contributed by atoms with Crippen LogP contribution in [0, 0.1) is 5.92 Å². The fourth-order valence-corrected chi connectivity index (χ4v) is 3.97. The van der Waals surface area contributed by atoms with Crippen LogP contribution >= 0.6 is 0 Å². The van der Waals surface area contributed by atoms with Crippen molar-refractivity contribution in [1.82, 2.24) is 5.32 Å². The third-order valence-corrected chi connectivity index (χ3v) is 5.27. The minimum absolute atomic E-state index is 0.153. The zero-order valence-corrected chi connectivity index (χ0v) is 14.6. The molecule has 5 heteroatoms. The van der Waals surface area contributed by atoms with Crippen LogP contribution in [0.2, 0.25) is 0 Å². The number of rotatable bonds is 4. The van der Waals surface area contributed by atoms with Gasteiger partial charge in [0.15, 0.2) is 0 Å². The molecule has 2 atom stereocenters. The standard InChI is InChI=1S/C21H21NO4/c1-25-21(24)19(22-20(23)13-10-11-26-12-13)18-16-8-4-2-6-14(16)15-7-3-5-9-17(15)18/h2-9,13,18-19H,10-12H2,1H3,(H,22,23)/t13-,19-/m0/s1. The lowest BCUT2D eigenvalue weighted by Gasteiger charge is -2.25. The van der Waals surface area contributed by atoms with E-state index in [9.17, 15) is 9.59 Å². The molecule has 26 heavy (non-hydrogen) atoms. The minimum atomic E-state index is -0.766. The van der Waals surface area contributed by atoms with E-state index in [1.54, 1.807) is 0 Å². The van der Waals surface area contributed by atoms with Crippen molar-refractivity contribution in [2.45, 2.75) is 18.4 Å². The lowest BCUT2D eigenvalue weighted by molar-refractivity contribution is -0.146. The second kappa shape index (κ2) is 6.92. The van der Waals surface area contributed by atoms with Crippen LogP contribution in [0.4, 0.5) is 0 Å². The quantitative estimate of drug-likeness (QED) is 0.860. The molecule has 1 saturated heterocycles. The van der Waals surface area contributed by atoms with Gasteiger partial charge in [0.25, 0.3) is 0 Å². The highest BCUT2D eigenvalue weighted by molar-refractivity contribution is 5.90. The van der Waals surface area contributed by atoms with Crippen molar-refractivity contribution in [3.63, 3.8) is 0 Å². The summed E-state index contributed by atoms with van der Waals surface area (Å²) < 4.78 is 10.3. The van der Waals surface area contributed by atoms with Crippen molar-refractivity contribution < 1.29 is 19.1 Å². The molecule has 0 spiro atoms. The highest BCUT2D eigenvalue weighted by Crippen LogP contribution is 2.46. The van der Waals surface area contributed by atoms with Crippen molar-refractivity contribution >= 4 is 11.9 Å². The first-order valence-corrected chi connectivity index (χ1v) is 8.85. The molecular formula is C21H21NO4. The third kappa shape index (κ3) is 2.78. The lowest BCUT2D eigenvalue weighted by Crippen LogP contribution is -2.47. The molecule has 1 amide bonds. The van der Waals surface area contributed by atoms with Gasteiger partial charge in [0.2, 0.25) is 5.91 Å². The summed E-state index contributed by atoms with van der Waals surface area (Å²) in [6, 6.07) is 15.3. The van der Waals surface area contributed by atoms with Gasteiger partial charge in [-0.25, -0.2) is 4.79 Å². The normalized spacial score (nSPS) is 19.5. The molecule has 1 N–H and O–H groups in total. The van der Waals surface area contributed by atoms with Crippen molar-refractivity contribution in [3.05, 3.63) is 59.7 Å². The Balaban J connectivity index is 1.73. The minimum Gasteiger partial charge on any atom is -0.467 e. The molecule has 0 radical (unpaired) electrons. The molecular weight excluding hydrogens is 330 g/mol. The van der Waals surface area contributed by atoms with Gasteiger partial charge in [0.05, 0.1) is 19.6 Å². The average molecular weight is 351 g/mol. The molecule has 1 heterocycles. The van der Waals surface area contributed by atoms with E-state index in [1.165, 1.54) is 7.11 Å². The molecule has 0 unspecified atom stereocenters. The maximum atomic E-state index is 12.7. The topological polar surface area (TPSA) is 64.6 Å². The summed E-state index contributed by atoms with van der Waals surface area (Å²) in [6.07, 6.45) is 0.678. The molecule has 2 aromatic carbocycles. The van der Waals surface area contributed by atoms with Crippen LogP contribution in [0.3, 0.4) is 0 Å². The van der Waals surface area contributed by atoms with E-state index < -0.39 is 12.0 Å². The van der Waals surface area contributed by atoms with Gasteiger partial charge in [-0.05, 0) is 28.7 Å². The number of amides is 1. The van der Waals surface area contributed by atoms with Gasteiger partial charge in [-0.15, -0.1) is 0 Å². The second-order valence-electron chi connectivity index (χ2n) is 6.72. The van der Waals surface area contributed by atoms with Crippen molar-refractivity contribution in [3.8, 4) is 11.1 Å². The van der Waals surface area contributed by atoms with Crippen LogP contribution in [0.25, 0.3) is 11.1 Å². The van der Waals surface area contributed by atoms with E-state index in [2.05, 4.69) is 17.4 Å². The summed E-state index contributed by atoms with van der Waals surface area (Å²) in [7, 11) is 1.35. The first-order chi connectivity index (χ1) is 12.7. The number of nitrogens with one attached hydrogen (secondary N) is 1. The number of carbonyl (C=O) groups excluding carboxylic acids is 2. The number of ether oxygens (including phenoxy) is 2. The molecule has 0 bridgehead atoms. The summed E-state index contributed by atoms with van der Waals surface area (Å²) >= 11 is 0. The summed E-state index contributed by atoms with van der Waals surface area (Å²) in [5.41, 5.74) is 4.26. The number of methoxy groups -OCH3 is 1. The molecule has 1 aliphatic heterocycles. The predicted octanol–water partition coefficient (Wildman–Crippen LogP) is 2.49. The van der Waals surface area contributed by atoms with E-state index >= 15 is 0 Å². The Morgan fingerprint density at radius 2 is 1.69 bits per heavy atom. The van der Waals surface area contributed by atoms with Gasteiger partial charge in [-0.3, -0.25) is 4.79 Å². The molecule has 134 valence electrons. The largest absolute Gasteiger partial charge is 0.467 e. The van der Waals surface area contributed by atoms with E-state index in [1.807, 2.05) is 36.4 Å². The highest BCUT2D eigenvalue weighted by atomic mass is 16.5. The predicted molar refractivity (Wildman–Crippen MR) is 96.6 cm³/mol. The Labute approximate surface area is 152 Å². The molecule has 4 rings (SSSR count). The zero-order chi connectivity index (χ0) is 18.1. The molecule has 1 fully saturated rings. The Morgan fingerprint density at radius 3 is 2.23 bits per heavy atom. The summed E-state index contributed by atoms with van der Waals surface area (Å²) in [5, 5.41) is 2.94. The zero-order valence-electron chi connectivity index (χ0n) is 14.6. The fourth-order valence-electron chi connectivity index (χ4n) is 3.97. The van der Waals surface area contributed by atoms with Crippen molar-refractivity contribution in [1.29, 1.82) is 0 Å². The number of benzene rings is 2. The van der Waals surface area contributed by atoms with E-state index in [4.69, 9.17) is 9.47 Å². The number of carbonyl (C=O) groups is 2. The van der Waals surface area contributed by atoms with Gasteiger partial charge in [-0.2, -0.15) is 0 Å². The molecule has 1 aliphatic carbocycles. The molecule has 2 aliphatic rings. The summed E-state index contributed by atoms with van der Waals surface area (Å²) in [4.78, 5) is 25.3. The van der Waals surface area contributed by atoms with Crippen LogP contribution in [-0.4, -0.2) is 38.2 Å². The van der Waals surface area contributed by atoms with Crippen LogP contribution < -0.4 is 5.32 Å². The SMILES string of the molecule is COC(=O)[C@@H](NC(=O)[C@H]1CCOC1)C1c2ccccc2-c2ccccc21. The van der Waals surface area contributed by atoms with Crippen LogP contribution in [0.15, 0.2) is 48.5 Å². The van der Waals surface area contributed by atoms with Crippen LogP contribution in [-0.2, 0) is 19.1 Å². The summed E-state index contributed by atoms with van der Waals surface area (Å²) in [6.45, 7) is 0.980. The number of fused-ring (bicyclic) bond motifs is 3. The van der Waals surface area contributed by atoms with E-state index in [0.717, 1.165) is 22.3 Å². The van der Waals surface area contributed by atoms with Crippen molar-refractivity contribution in [2.24, 2.45) is 5.92 Å². The van der Waals surface area contributed by atoms with Gasteiger partial charge >= 0.3 is 5.97 Å². The first-order valence-electron chi connectivity index (χ1n) is 8.85. The van der Waals surface area contributed by atoms with E-state index in [-0.39, 0.29) is 17.7 Å². The Bertz CT molecular complexity index is 796. The lowest BCUT2D eigenvalue weighted by atomic mass is 9.88. The Morgan fingerprint density at radius 1 is 1.08 bits per heavy atom. The summed E-state index contributed by atoms with van der Waals surface area (Å²) in [5.74, 6) is -1.07. The average Bonchev–Trinajstić information content (AvgIpc) is 3.32. The monoisotopic (exact) mass is 351 g/mol. The Kier molecular flexibility index (Phi) is 4.47. The van der Waals surface area contributed by atoms with Gasteiger partial charge < -0.3 is 14.8 Å². The third-order valence-electron chi connectivity index (χ3n) is 5.27. The second-order valence-corrected chi connectivity index (χ2v) is 6.72. The molecule has 5 nitrogen and oxygen atoms in total. The van der Waals surface area contributed by atoms with Gasteiger partial charge in [0.1, 0.15) is 6.04 Å². The van der Waals surface area contributed by atoms with Crippen LogP contribution in [0.1, 0.15) is 23.5 Å². The Hall–Kier alpha value is -2.66. The molecule has 0 saturated carbocycles. The van der Waals surface area contributed by atoms with Gasteiger partial charge in [0, 0.05) is 12.5 Å². The van der Waals surface area contributed by atoms with E-state index in [0.29, 0.717) is 19.6 Å². The smallest absolute Gasteiger partial charge is 0.329 e. The van der Waals surface area contributed by atoms with Crippen molar-refractivity contribution in [2.75, 3.05) is 20.3 Å². The fraction of sp³-hybridized carbons (Fsp3) is 0.333.